The van der Waals surface area contributed by atoms with Crippen molar-refractivity contribution < 1.29 is 0 Å². The maximum atomic E-state index is 4.35. The first-order valence-electron chi connectivity index (χ1n) is 6.30. The van der Waals surface area contributed by atoms with Crippen molar-refractivity contribution in [3.05, 3.63) is 11.9 Å². The van der Waals surface area contributed by atoms with Gasteiger partial charge in [0.15, 0.2) is 0 Å². The van der Waals surface area contributed by atoms with E-state index in [2.05, 4.69) is 41.4 Å². The summed E-state index contributed by atoms with van der Waals surface area (Å²) >= 11 is 0. The molecule has 94 valence electrons. The minimum absolute atomic E-state index is 0.358. The molecule has 0 aliphatic heterocycles. The molecule has 1 unspecified atom stereocenters. The molecule has 0 amide bonds. The number of anilines is 2. The van der Waals surface area contributed by atoms with Crippen molar-refractivity contribution >= 4 is 11.6 Å². The van der Waals surface area contributed by atoms with Crippen LogP contribution in [0.15, 0.2) is 6.33 Å². The van der Waals surface area contributed by atoms with Gasteiger partial charge in [0, 0.05) is 18.7 Å². The molecule has 0 aromatic carbocycles. The van der Waals surface area contributed by atoms with E-state index in [-0.39, 0.29) is 0 Å². The predicted molar refractivity (Wildman–Crippen MR) is 71.4 cm³/mol. The highest BCUT2D eigenvalue weighted by Crippen LogP contribution is 2.39. The lowest BCUT2D eigenvalue weighted by molar-refractivity contribution is 0.349. The van der Waals surface area contributed by atoms with Crippen molar-refractivity contribution in [2.45, 2.75) is 46.1 Å². The van der Waals surface area contributed by atoms with Crippen LogP contribution in [0.1, 0.15) is 38.7 Å². The Morgan fingerprint density at radius 3 is 2.59 bits per heavy atom. The highest BCUT2D eigenvalue weighted by Gasteiger charge is 2.34. The smallest absolute Gasteiger partial charge is 0.134 e. The van der Waals surface area contributed by atoms with Crippen LogP contribution in [0, 0.1) is 12.3 Å². The summed E-state index contributed by atoms with van der Waals surface area (Å²) in [5.74, 6) is 1.86. The van der Waals surface area contributed by atoms with Gasteiger partial charge in [0.2, 0.25) is 0 Å². The molecule has 1 fully saturated rings. The Morgan fingerprint density at radius 2 is 2.00 bits per heavy atom. The van der Waals surface area contributed by atoms with E-state index in [1.807, 2.05) is 7.05 Å². The van der Waals surface area contributed by atoms with Crippen LogP contribution in [0.3, 0.4) is 0 Å². The third kappa shape index (κ3) is 2.35. The normalized spacial score (nSPS) is 22.5. The van der Waals surface area contributed by atoms with Crippen LogP contribution in [-0.2, 0) is 0 Å². The predicted octanol–water partition coefficient (Wildman–Crippen LogP) is 2.82. The van der Waals surface area contributed by atoms with E-state index >= 15 is 0 Å². The molecule has 0 spiro atoms. The second kappa shape index (κ2) is 4.51. The minimum atomic E-state index is 0.358. The number of aromatic nitrogens is 2. The molecule has 1 aliphatic carbocycles. The van der Waals surface area contributed by atoms with Crippen molar-refractivity contribution in [2.24, 2.45) is 5.41 Å². The number of hydrogen-bond acceptors (Lipinski definition) is 4. The maximum Gasteiger partial charge on any atom is 0.134 e. The van der Waals surface area contributed by atoms with Crippen LogP contribution in [0.2, 0.25) is 0 Å². The molecule has 2 N–H and O–H groups in total. The van der Waals surface area contributed by atoms with Gasteiger partial charge in [-0.1, -0.05) is 20.3 Å². The van der Waals surface area contributed by atoms with Gasteiger partial charge in [0.25, 0.3) is 0 Å². The molecular formula is C13H22N4. The average Bonchev–Trinajstić information content (AvgIpc) is 2.61. The van der Waals surface area contributed by atoms with E-state index in [1.165, 1.54) is 19.3 Å². The Bertz CT molecular complexity index is 400. The third-order valence-corrected chi connectivity index (χ3v) is 3.89. The summed E-state index contributed by atoms with van der Waals surface area (Å²) in [6.07, 6.45) is 5.43. The van der Waals surface area contributed by atoms with Gasteiger partial charge in [-0.05, 0) is 25.2 Å². The van der Waals surface area contributed by atoms with Gasteiger partial charge in [0.1, 0.15) is 18.0 Å². The molecule has 1 aromatic heterocycles. The lowest BCUT2D eigenvalue weighted by Gasteiger charge is -2.28. The fourth-order valence-corrected chi connectivity index (χ4v) is 2.61. The fraction of sp³-hybridized carbons (Fsp3) is 0.692. The van der Waals surface area contributed by atoms with Gasteiger partial charge >= 0.3 is 0 Å². The van der Waals surface area contributed by atoms with Crippen molar-refractivity contribution in [3.8, 4) is 0 Å². The highest BCUT2D eigenvalue weighted by molar-refractivity contribution is 5.56. The van der Waals surface area contributed by atoms with E-state index in [9.17, 15) is 0 Å². The molecule has 2 rings (SSSR count). The summed E-state index contributed by atoms with van der Waals surface area (Å²) in [5, 5.41) is 6.67. The Morgan fingerprint density at radius 1 is 1.29 bits per heavy atom. The Balaban J connectivity index is 2.19. The molecule has 1 aliphatic rings. The molecule has 4 nitrogen and oxygen atoms in total. The summed E-state index contributed by atoms with van der Waals surface area (Å²) in [5.41, 5.74) is 1.45. The highest BCUT2D eigenvalue weighted by atomic mass is 15.1. The lowest BCUT2D eigenvalue weighted by Crippen LogP contribution is -2.31. The minimum Gasteiger partial charge on any atom is -0.373 e. The van der Waals surface area contributed by atoms with Crippen LogP contribution < -0.4 is 10.6 Å². The van der Waals surface area contributed by atoms with Crippen LogP contribution in [0.25, 0.3) is 0 Å². The summed E-state index contributed by atoms with van der Waals surface area (Å²) in [7, 11) is 1.89. The summed E-state index contributed by atoms with van der Waals surface area (Å²) in [6.45, 7) is 6.70. The molecule has 1 aromatic rings. The van der Waals surface area contributed by atoms with Crippen LogP contribution in [-0.4, -0.2) is 23.1 Å². The molecule has 1 atom stereocenters. The molecule has 1 heterocycles. The van der Waals surface area contributed by atoms with E-state index in [1.54, 1.807) is 6.33 Å². The maximum absolute atomic E-state index is 4.35. The van der Waals surface area contributed by atoms with Crippen LogP contribution >= 0.6 is 0 Å². The van der Waals surface area contributed by atoms with Crippen molar-refractivity contribution in [1.82, 2.24) is 9.97 Å². The number of hydrogen-bond donors (Lipinski definition) is 2. The van der Waals surface area contributed by atoms with Gasteiger partial charge < -0.3 is 10.6 Å². The van der Waals surface area contributed by atoms with E-state index < -0.39 is 0 Å². The quantitative estimate of drug-likeness (QED) is 0.844. The Labute approximate surface area is 103 Å². The summed E-state index contributed by atoms with van der Waals surface area (Å²) in [4.78, 5) is 8.56. The zero-order chi connectivity index (χ0) is 12.5. The lowest BCUT2D eigenvalue weighted by atomic mass is 9.87. The number of nitrogens with one attached hydrogen (secondary N) is 2. The number of nitrogens with zero attached hydrogens (tertiary/aromatic N) is 2. The SMILES string of the molecule is CNc1ncnc(NC2CCCC2(C)C)c1C. The first-order valence-corrected chi connectivity index (χ1v) is 6.30. The van der Waals surface area contributed by atoms with Crippen molar-refractivity contribution in [1.29, 1.82) is 0 Å². The zero-order valence-corrected chi connectivity index (χ0v) is 11.2. The second-order valence-electron chi connectivity index (χ2n) is 5.52. The van der Waals surface area contributed by atoms with Crippen LogP contribution in [0.4, 0.5) is 11.6 Å². The van der Waals surface area contributed by atoms with E-state index in [0.29, 0.717) is 11.5 Å². The van der Waals surface area contributed by atoms with Gasteiger partial charge in [-0.25, -0.2) is 9.97 Å². The Kier molecular flexibility index (Phi) is 3.22. The van der Waals surface area contributed by atoms with Crippen molar-refractivity contribution in [2.75, 3.05) is 17.7 Å². The molecule has 0 saturated heterocycles. The molecule has 4 heteroatoms. The standard InChI is InChI=1S/C13H22N4/c1-9-11(14-4)15-8-16-12(9)17-10-6-5-7-13(10,2)3/h8,10H,5-7H2,1-4H3,(H2,14,15,16,17). The van der Waals surface area contributed by atoms with Gasteiger partial charge in [-0.15, -0.1) is 0 Å². The van der Waals surface area contributed by atoms with Gasteiger partial charge in [0.05, 0.1) is 0 Å². The molecular weight excluding hydrogens is 212 g/mol. The van der Waals surface area contributed by atoms with Gasteiger partial charge in [-0.2, -0.15) is 0 Å². The van der Waals surface area contributed by atoms with Crippen LogP contribution in [0.5, 0.6) is 0 Å². The van der Waals surface area contributed by atoms with E-state index in [4.69, 9.17) is 0 Å². The molecule has 1 saturated carbocycles. The van der Waals surface area contributed by atoms with Crippen molar-refractivity contribution in [3.63, 3.8) is 0 Å². The Hall–Kier alpha value is -1.32. The summed E-state index contributed by atoms with van der Waals surface area (Å²) in [6, 6.07) is 0.515. The fourth-order valence-electron chi connectivity index (χ4n) is 2.61. The zero-order valence-electron chi connectivity index (χ0n) is 11.2. The third-order valence-electron chi connectivity index (χ3n) is 3.89. The molecule has 0 radical (unpaired) electrons. The first kappa shape index (κ1) is 12.1. The second-order valence-corrected chi connectivity index (χ2v) is 5.52. The summed E-state index contributed by atoms with van der Waals surface area (Å²) < 4.78 is 0. The van der Waals surface area contributed by atoms with E-state index in [0.717, 1.165) is 17.2 Å². The monoisotopic (exact) mass is 234 g/mol. The average molecular weight is 234 g/mol. The number of rotatable bonds is 3. The topological polar surface area (TPSA) is 49.8 Å². The first-order chi connectivity index (χ1) is 8.04. The largest absolute Gasteiger partial charge is 0.373 e. The van der Waals surface area contributed by atoms with Gasteiger partial charge in [-0.3, -0.25) is 0 Å². The molecule has 0 bridgehead atoms. The molecule has 17 heavy (non-hydrogen) atoms.